The molecule has 1 fully saturated rings. The Morgan fingerprint density at radius 2 is 1.95 bits per heavy atom. The summed E-state index contributed by atoms with van der Waals surface area (Å²) in [5, 5.41) is 21.1. The molecule has 1 unspecified atom stereocenters. The normalized spacial score (nSPS) is 18.4. The summed E-state index contributed by atoms with van der Waals surface area (Å²) in [5.41, 5.74) is 0.911. The smallest absolute Gasteiger partial charge is 0.119 e. The van der Waals surface area contributed by atoms with E-state index in [9.17, 15) is 5.11 Å². The van der Waals surface area contributed by atoms with Crippen molar-refractivity contribution in [3.05, 3.63) is 24.3 Å². The van der Waals surface area contributed by atoms with Gasteiger partial charge >= 0.3 is 0 Å². The summed E-state index contributed by atoms with van der Waals surface area (Å²) in [7, 11) is 2.16. The van der Waals surface area contributed by atoms with E-state index < -0.39 is 6.10 Å². The average Bonchev–Trinajstić information content (AvgIpc) is 2.53. The Hall–Kier alpha value is -1.30. The van der Waals surface area contributed by atoms with Crippen LogP contribution in [0.4, 0.5) is 5.69 Å². The molecular formula is C16H26N2O3. The maximum Gasteiger partial charge on any atom is 0.119 e. The van der Waals surface area contributed by atoms with E-state index in [1.54, 1.807) is 0 Å². The van der Waals surface area contributed by atoms with E-state index in [1.807, 2.05) is 24.3 Å². The number of aliphatic hydroxyl groups excluding tert-OH is 2. The van der Waals surface area contributed by atoms with Crippen LogP contribution in [0.5, 0.6) is 5.75 Å². The van der Waals surface area contributed by atoms with Crippen molar-refractivity contribution in [1.82, 2.24) is 4.90 Å². The number of benzene rings is 1. The Bertz CT molecular complexity index is 402. The predicted molar refractivity (Wildman–Crippen MR) is 83.7 cm³/mol. The lowest BCUT2D eigenvalue weighted by Crippen LogP contribution is -2.32. The standard InChI is InChI=1S/C16H26N2O3/c1-18-8-6-13(7-9-18)12-21-16-4-2-14(3-5-16)17-10-15(20)11-19/h2-5,13,15,17,19-20H,6-12H2,1H3. The van der Waals surface area contributed by atoms with Gasteiger partial charge in [-0.15, -0.1) is 0 Å². The molecule has 0 spiro atoms. The van der Waals surface area contributed by atoms with Crippen molar-refractivity contribution >= 4 is 5.69 Å². The van der Waals surface area contributed by atoms with Crippen LogP contribution in [0.25, 0.3) is 0 Å². The molecule has 1 saturated heterocycles. The molecule has 0 aliphatic carbocycles. The summed E-state index contributed by atoms with van der Waals surface area (Å²) in [4.78, 5) is 2.36. The van der Waals surface area contributed by atoms with E-state index in [0.29, 0.717) is 12.5 Å². The quantitative estimate of drug-likeness (QED) is 0.704. The van der Waals surface area contributed by atoms with Crippen molar-refractivity contribution in [2.75, 3.05) is 45.2 Å². The highest BCUT2D eigenvalue weighted by molar-refractivity contribution is 5.46. The first-order valence-electron chi connectivity index (χ1n) is 7.61. The van der Waals surface area contributed by atoms with Crippen LogP contribution in [0.3, 0.4) is 0 Å². The highest BCUT2D eigenvalue weighted by Gasteiger charge is 2.17. The van der Waals surface area contributed by atoms with E-state index in [2.05, 4.69) is 17.3 Å². The molecule has 5 heteroatoms. The summed E-state index contributed by atoms with van der Waals surface area (Å²) >= 11 is 0. The van der Waals surface area contributed by atoms with Crippen LogP contribution in [-0.4, -0.2) is 61.1 Å². The van der Waals surface area contributed by atoms with Gasteiger partial charge in [-0.3, -0.25) is 0 Å². The van der Waals surface area contributed by atoms with Crippen molar-refractivity contribution in [2.24, 2.45) is 5.92 Å². The van der Waals surface area contributed by atoms with Crippen LogP contribution in [-0.2, 0) is 0 Å². The summed E-state index contributed by atoms with van der Waals surface area (Å²) in [6.45, 7) is 3.20. The third-order valence-electron chi connectivity index (χ3n) is 3.93. The third-order valence-corrected chi connectivity index (χ3v) is 3.93. The number of rotatable bonds is 7. The van der Waals surface area contributed by atoms with Crippen molar-refractivity contribution in [1.29, 1.82) is 0 Å². The van der Waals surface area contributed by atoms with Crippen molar-refractivity contribution in [3.8, 4) is 5.75 Å². The fourth-order valence-corrected chi connectivity index (χ4v) is 2.41. The molecule has 5 nitrogen and oxygen atoms in total. The SMILES string of the molecule is CN1CCC(COc2ccc(NCC(O)CO)cc2)CC1. The second-order valence-corrected chi connectivity index (χ2v) is 5.80. The summed E-state index contributed by atoms with van der Waals surface area (Å²) in [6.07, 6.45) is 1.68. The van der Waals surface area contributed by atoms with Gasteiger partial charge in [0.05, 0.1) is 19.3 Å². The highest BCUT2D eigenvalue weighted by Crippen LogP contribution is 2.20. The zero-order valence-corrected chi connectivity index (χ0v) is 12.7. The molecule has 1 aromatic rings. The summed E-state index contributed by atoms with van der Waals surface area (Å²) in [5.74, 6) is 1.53. The fraction of sp³-hybridized carbons (Fsp3) is 0.625. The lowest BCUT2D eigenvalue weighted by atomic mass is 9.98. The van der Waals surface area contributed by atoms with Gasteiger partial charge in [0, 0.05) is 12.2 Å². The zero-order chi connectivity index (χ0) is 15.1. The minimum absolute atomic E-state index is 0.231. The molecule has 118 valence electrons. The van der Waals surface area contributed by atoms with Gasteiger partial charge in [-0.1, -0.05) is 0 Å². The molecule has 0 bridgehead atoms. The fourth-order valence-electron chi connectivity index (χ4n) is 2.41. The lowest BCUT2D eigenvalue weighted by Gasteiger charge is -2.28. The van der Waals surface area contributed by atoms with E-state index >= 15 is 0 Å². The Balaban J connectivity index is 1.72. The molecule has 0 saturated carbocycles. The van der Waals surface area contributed by atoms with Gasteiger partial charge in [-0.2, -0.15) is 0 Å². The van der Waals surface area contributed by atoms with Crippen LogP contribution in [0.2, 0.25) is 0 Å². The number of nitrogens with one attached hydrogen (secondary N) is 1. The number of hydrogen-bond acceptors (Lipinski definition) is 5. The molecular weight excluding hydrogens is 268 g/mol. The van der Waals surface area contributed by atoms with E-state index in [1.165, 1.54) is 12.8 Å². The van der Waals surface area contributed by atoms with Gasteiger partial charge in [-0.25, -0.2) is 0 Å². The Morgan fingerprint density at radius 3 is 2.57 bits per heavy atom. The van der Waals surface area contributed by atoms with Gasteiger partial charge < -0.3 is 25.2 Å². The Morgan fingerprint density at radius 1 is 1.29 bits per heavy atom. The van der Waals surface area contributed by atoms with Crippen LogP contribution < -0.4 is 10.1 Å². The second kappa shape index (κ2) is 8.22. The van der Waals surface area contributed by atoms with Gasteiger partial charge in [0.25, 0.3) is 0 Å². The minimum atomic E-state index is -0.731. The van der Waals surface area contributed by atoms with Gasteiger partial charge in [0.15, 0.2) is 0 Å². The number of hydrogen-bond donors (Lipinski definition) is 3. The molecule has 2 rings (SSSR count). The molecule has 0 radical (unpaired) electrons. The van der Waals surface area contributed by atoms with E-state index in [-0.39, 0.29) is 6.61 Å². The Kier molecular flexibility index (Phi) is 6.29. The Labute approximate surface area is 126 Å². The summed E-state index contributed by atoms with van der Waals surface area (Å²) < 4.78 is 5.85. The van der Waals surface area contributed by atoms with Crippen molar-refractivity contribution in [2.45, 2.75) is 18.9 Å². The monoisotopic (exact) mass is 294 g/mol. The van der Waals surface area contributed by atoms with Gasteiger partial charge in [0.2, 0.25) is 0 Å². The number of nitrogens with zero attached hydrogens (tertiary/aromatic N) is 1. The topological polar surface area (TPSA) is 65.0 Å². The van der Waals surface area contributed by atoms with Crippen molar-refractivity contribution < 1.29 is 14.9 Å². The van der Waals surface area contributed by atoms with Gasteiger partial charge in [-0.05, 0) is 63.2 Å². The maximum atomic E-state index is 9.28. The van der Waals surface area contributed by atoms with Crippen LogP contribution >= 0.6 is 0 Å². The predicted octanol–water partition coefficient (Wildman–Crippen LogP) is 1.17. The lowest BCUT2D eigenvalue weighted by molar-refractivity contribution is 0.105. The molecule has 1 aliphatic heterocycles. The van der Waals surface area contributed by atoms with Crippen LogP contribution in [0, 0.1) is 5.92 Å². The molecule has 0 aromatic heterocycles. The molecule has 1 heterocycles. The third kappa shape index (κ3) is 5.53. The van der Waals surface area contributed by atoms with Crippen LogP contribution in [0.1, 0.15) is 12.8 Å². The van der Waals surface area contributed by atoms with Gasteiger partial charge in [0.1, 0.15) is 5.75 Å². The minimum Gasteiger partial charge on any atom is -0.493 e. The number of piperidine rings is 1. The summed E-state index contributed by atoms with van der Waals surface area (Å²) in [6, 6.07) is 7.72. The highest BCUT2D eigenvalue weighted by atomic mass is 16.5. The first-order valence-corrected chi connectivity index (χ1v) is 7.61. The molecule has 1 atom stereocenters. The molecule has 3 N–H and O–H groups in total. The number of aliphatic hydroxyl groups is 2. The molecule has 0 amide bonds. The molecule has 1 aliphatic rings. The number of anilines is 1. The van der Waals surface area contributed by atoms with Crippen LogP contribution in [0.15, 0.2) is 24.3 Å². The maximum absolute atomic E-state index is 9.28. The molecule has 1 aromatic carbocycles. The largest absolute Gasteiger partial charge is 0.493 e. The van der Waals surface area contributed by atoms with E-state index in [4.69, 9.17) is 9.84 Å². The van der Waals surface area contributed by atoms with E-state index in [0.717, 1.165) is 31.1 Å². The first kappa shape index (κ1) is 16.1. The molecule has 21 heavy (non-hydrogen) atoms. The first-order chi connectivity index (χ1) is 10.2. The van der Waals surface area contributed by atoms with Crippen molar-refractivity contribution in [3.63, 3.8) is 0 Å². The average molecular weight is 294 g/mol. The number of likely N-dealkylation sites (tertiary alicyclic amines) is 1. The number of ether oxygens (including phenoxy) is 1. The second-order valence-electron chi connectivity index (χ2n) is 5.80. The zero-order valence-electron chi connectivity index (χ0n) is 12.7.